The number of ketones is 1. The Bertz CT molecular complexity index is 1540. The molecule has 0 radical (unpaired) electrons. The molecule has 3 aromatic rings. The molecule has 7 rings (SSSR count). The van der Waals surface area contributed by atoms with E-state index in [2.05, 4.69) is 26.2 Å². The summed E-state index contributed by atoms with van der Waals surface area (Å²) in [4.78, 5) is 38.5. The molecule has 2 saturated heterocycles. The van der Waals surface area contributed by atoms with Crippen molar-refractivity contribution in [2.75, 3.05) is 45.3 Å². The quantitative estimate of drug-likeness (QED) is 0.381. The lowest BCUT2D eigenvalue weighted by Crippen LogP contribution is -2.48. The fourth-order valence-corrected chi connectivity index (χ4v) is 7.48. The van der Waals surface area contributed by atoms with Crippen LogP contribution in [-0.2, 0) is 6.42 Å². The summed E-state index contributed by atoms with van der Waals surface area (Å²) in [5, 5.41) is 3.55. The second-order valence-electron chi connectivity index (χ2n) is 12.5. The number of pyridine rings is 1. The standard InChI is InChI=1S/C36H41N5O3/c1-44-34-22-26(9-10-30(34)28-6-5-14-37-23-28)35(42)31-13-19-41-24-38-32-20-27(8-7-25(32)21-33(31)41)36(43)40-17-11-29(12-18-40)39-15-3-2-4-16-39/h5-10,13-14,19-20,22-23,29,31,33,38H,2-4,11-12,15-18,21,24H2,1H3. The number of hydrogen-bond acceptors (Lipinski definition) is 7. The van der Waals surface area contributed by atoms with E-state index >= 15 is 0 Å². The van der Waals surface area contributed by atoms with Gasteiger partial charge in [-0.2, -0.15) is 0 Å². The van der Waals surface area contributed by atoms with Crippen molar-refractivity contribution in [3.63, 3.8) is 0 Å². The van der Waals surface area contributed by atoms with Crippen molar-refractivity contribution in [3.05, 3.63) is 89.9 Å². The number of anilines is 1. The zero-order chi connectivity index (χ0) is 30.0. The topological polar surface area (TPSA) is 78.0 Å². The van der Waals surface area contributed by atoms with Gasteiger partial charge in [-0.1, -0.05) is 30.7 Å². The summed E-state index contributed by atoms with van der Waals surface area (Å²) in [6.45, 7) is 4.65. The summed E-state index contributed by atoms with van der Waals surface area (Å²) in [6.07, 6.45) is 14.4. The van der Waals surface area contributed by atoms with Gasteiger partial charge < -0.3 is 24.8 Å². The number of amides is 1. The maximum absolute atomic E-state index is 13.9. The molecule has 2 unspecified atom stereocenters. The van der Waals surface area contributed by atoms with E-state index < -0.39 is 0 Å². The fraction of sp³-hybridized carbons (Fsp3) is 0.417. The van der Waals surface area contributed by atoms with Gasteiger partial charge in [-0.3, -0.25) is 14.6 Å². The van der Waals surface area contributed by atoms with Crippen molar-refractivity contribution in [1.82, 2.24) is 19.7 Å². The van der Waals surface area contributed by atoms with Crippen LogP contribution in [0.1, 0.15) is 58.4 Å². The number of piperidine rings is 2. The molecule has 44 heavy (non-hydrogen) atoms. The fourth-order valence-electron chi connectivity index (χ4n) is 7.48. The van der Waals surface area contributed by atoms with Crippen LogP contribution < -0.4 is 10.1 Å². The Labute approximate surface area is 259 Å². The molecule has 228 valence electrons. The number of carbonyl (C=O) groups excluding carboxylic acids is 2. The minimum atomic E-state index is -0.279. The number of hydrogen-bond donors (Lipinski definition) is 1. The maximum atomic E-state index is 13.9. The third kappa shape index (κ3) is 5.59. The Morgan fingerprint density at radius 1 is 0.955 bits per heavy atom. The average molecular weight is 592 g/mol. The molecule has 0 spiro atoms. The predicted molar refractivity (Wildman–Crippen MR) is 172 cm³/mol. The minimum Gasteiger partial charge on any atom is -0.496 e. The molecule has 4 aliphatic rings. The van der Waals surface area contributed by atoms with Crippen molar-refractivity contribution < 1.29 is 14.3 Å². The Morgan fingerprint density at radius 2 is 1.77 bits per heavy atom. The van der Waals surface area contributed by atoms with Gasteiger partial charge in [0.05, 0.1) is 19.7 Å². The highest BCUT2D eigenvalue weighted by Crippen LogP contribution is 2.36. The number of Topliss-reactive ketones (excluding diaryl/α,β-unsaturated/α-hetero) is 1. The Morgan fingerprint density at radius 3 is 2.55 bits per heavy atom. The van der Waals surface area contributed by atoms with Crippen LogP contribution in [-0.4, -0.2) is 83.4 Å². The highest BCUT2D eigenvalue weighted by molar-refractivity contribution is 6.01. The zero-order valence-corrected chi connectivity index (χ0v) is 25.5. The van der Waals surface area contributed by atoms with Crippen LogP contribution in [0.4, 0.5) is 5.69 Å². The molecule has 0 saturated carbocycles. The summed E-state index contributed by atoms with van der Waals surface area (Å²) in [6, 6.07) is 16.2. The molecule has 2 atom stereocenters. The number of likely N-dealkylation sites (tertiary alicyclic amines) is 2. The van der Waals surface area contributed by atoms with Crippen LogP contribution in [0.15, 0.2) is 73.2 Å². The predicted octanol–water partition coefficient (Wildman–Crippen LogP) is 5.47. The van der Waals surface area contributed by atoms with Gasteiger partial charge in [0.1, 0.15) is 5.75 Å². The van der Waals surface area contributed by atoms with E-state index in [0.29, 0.717) is 30.4 Å². The molecule has 0 bridgehead atoms. The van der Waals surface area contributed by atoms with Gasteiger partial charge in [0.2, 0.25) is 0 Å². The van der Waals surface area contributed by atoms with E-state index in [1.165, 1.54) is 32.4 Å². The van der Waals surface area contributed by atoms with Crippen molar-refractivity contribution >= 4 is 17.4 Å². The van der Waals surface area contributed by atoms with Crippen molar-refractivity contribution in [1.29, 1.82) is 0 Å². The summed E-state index contributed by atoms with van der Waals surface area (Å²) < 4.78 is 5.68. The van der Waals surface area contributed by atoms with Crippen LogP contribution in [0.3, 0.4) is 0 Å². The number of ether oxygens (including phenoxy) is 1. The van der Waals surface area contributed by atoms with Crippen LogP contribution in [0.2, 0.25) is 0 Å². The normalized spacial score (nSPS) is 22.1. The third-order valence-electron chi connectivity index (χ3n) is 9.98. The molecule has 1 N–H and O–H groups in total. The van der Waals surface area contributed by atoms with Gasteiger partial charge in [0.25, 0.3) is 5.91 Å². The highest BCUT2D eigenvalue weighted by Gasteiger charge is 2.37. The summed E-state index contributed by atoms with van der Waals surface area (Å²) >= 11 is 0. The summed E-state index contributed by atoms with van der Waals surface area (Å²) in [5.41, 5.74) is 5.33. The van der Waals surface area contributed by atoms with Crippen molar-refractivity contribution in [2.24, 2.45) is 5.92 Å². The molecule has 2 aromatic carbocycles. The van der Waals surface area contributed by atoms with E-state index in [0.717, 1.165) is 53.9 Å². The first-order valence-corrected chi connectivity index (χ1v) is 16.1. The van der Waals surface area contributed by atoms with Crippen LogP contribution in [0.25, 0.3) is 11.1 Å². The number of rotatable bonds is 6. The number of fused-ring (bicyclic) bond motifs is 2. The molecule has 8 nitrogen and oxygen atoms in total. The first-order chi connectivity index (χ1) is 21.6. The number of methoxy groups -OCH3 is 1. The number of carbonyl (C=O) groups is 2. The van der Waals surface area contributed by atoms with Crippen LogP contribution >= 0.6 is 0 Å². The van der Waals surface area contributed by atoms with Crippen LogP contribution in [0, 0.1) is 5.92 Å². The largest absolute Gasteiger partial charge is 0.496 e. The Kier molecular flexibility index (Phi) is 8.09. The van der Waals surface area contributed by atoms with E-state index in [9.17, 15) is 9.59 Å². The summed E-state index contributed by atoms with van der Waals surface area (Å²) in [7, 11) is 1.63. The highest BCUT2D eigenvalue weighted by atomic mass is 16.5. The number of nitrogens with zero attached hydrogens (tertiary/aromatic N) is 4. The molecule has 2 fully saturated rings. The molecule has 4 aliphatic heterocycles. The molecule has 5 heterocycles. The molecular weight excluding hydrogens is 550 g/mol. The first-order valence-electron chi connectivity index (χ1n) is 16.1. The monoisotopic (exact) mass is 591 g/mol. The van der Waals surface area contributed by atoms with Gasteiger partial charge >= 0.3 is 0 Å². The van der Waals surface area contributed by atoms with Crippen molar-refractivity contribution in [2.45, 2.75) is 50.6 Å². The molecular formula is C36H41N5O3. The Hall–Kier alpha value is -4.17. The van der Waals surface area contributed by atoms with Gasteiger partial charge in [0, 0.05) is 65.5 Å². The molecule has 1 amide bonds. The second-order valence-corrected chi connectivity index (χ2v) is 12.5. The lowest BCUT2D eigenvalue weighted by atomic mass is 9.87. The van der Waals surface area contributed by atoms with Crippen molar-refractivity contribution in [3.8, 4) is 16.9 Å². The summed E-state index contributed by atoms with van der Waals surface area (Å²) in [5.74, 6) is 0.573. The maximum Gasteiger partial charge on any atom is 0.253 e. The zero-order valence-electron chi connectivity index (χ0n) is 25.5. The van der Waals surface area contributed by atoms with E-state index in [4.69, 9.17) is 4.74 Å². The molecule has 1 aromatic heterocycles. The number of benzene rings is 2. The minimum absolute atomic E-state index is 0.00406. The Balaban J connectivity index is 1.03. The smallest absolute Gasteiger partial charge is 0.253 e. The second kappa shape index (κ2) is 12.4. The first kappa shape index (κ1) is 28.6. The SMILES string of the molecule is COc1cc(C(=O)C2C=CN3CNc4cc(C(=O)N5CCC(N6CCCCC6)CC5)ccc4CC23)ccc1-c1cccnc1. The van der Waals surface area contributed by atoms with E-state index in [1.807, 2.05) is 59.6 Å². The van der Waals surface area contributed by atoms with E-state index in [1.54, 1.807) is 19.5 Å². The van der Waals surface area contributed by atoms with E-state index in [-0.39, 0.29) is 23.7 Å². The molecule has 0 aliphatic carbocycles. The lowest BCUT2D eigenvalue weighted by Gasteiger charge is -2.40. The van der Waals surface area contributed by atoms with Gasteiger partial charge in [0.15, 0.2) is 5.78 Å². The molecule has 8 heteroatoms. The van der Waals surface area contributed by atoms with Gasteiger partial charge in [-0.05, 0) is 87.3 Å². The van der Waals surface area contributed by atoms with Crippen LogP contribution in [0.5, 0.6) is 5.75 Å². The average Bonchev–Trinajstić information content (AvgIpc) is 3.40. The number of nitrogens with one attached hydrogen (secondary N) is 1. The number of aromatic nitrogens is 1. The lowest BCUT2D eigenvalue weighted by molar-refractivity contribution is 0.0590. The van der Waals surface area contributed by atoms with Gasteiger partial charge in [-0.25, -0.2) is 0 Å². The van der Waals surface area contributed by atoms with Gasteiger partial charge in [-0.15, -0.1) is 0 Å². The third-order valence-corrected chi connectivity index (χ3v) is 9.98.